The zero-order chi connectivity index (χ0) is 19.1. The highest BCUT2D eigenvalue weighted by Gasteiger charge is 2.16. The summed E-state index contributed by atoms with van der Waals surface area (Å²) in [5.41, 5.74) is 6.61. The van der Waals surface area contributed by atoms with Crippen molar-refractivity contribution >= 4 is 5.97 Å². The van der Waals surface area contributed by atoms with Crippen LogP contribution in [0, 0.1) is 6.92 Å². The lowest BCUT2D eigenvalue weighted by Gasteiger charge is -2.15. The van der Waals surface area contributed by atoms with E-state index in [-0.39, 0.29) is 5.97 Å². The van der Waals surface area contributed by atoms with Gasteiger partial charge in [0.25, 0.3) is 0 Å². The molecular formula is C25H26O2. The molecule has 2 heteroatoms. The fourth-order valence-electron chi connectivity index (χ4n) is 3.37. The Labute approximate surface area is 161 Å². The highest BCUT2D eigenvalue weighted by molar-refractivity contribution is 5.93. The van der Waals surface area contributed by atoms with Crippen LogP contribution in [0.15, 0.2) is 72.8 Å². The quantitative estimate of drug-likeness (QED) is 0.483. The Hall–Kier alpha value is -2.87. The van der Waals surface area contributed by atoms with Gasteiger partial charge in [-0.3, -0.25) is 0 Å². The van der Waals surface area contributed by atoms with E-state index >= 15 is 0 Å². The van der Waals surface area contributed by atoms with Crippen LogP contribution >= 0.6 is 0 Å². The van der Waals surface area contributed by atoms with Gasteiger partial charge in [-0.25, -0.2) is 4.79 Å². The second kappa shape index (κ2) is 9.18. The van der Waals surface area contributed by atoms with E-state index in [1.54, 1.807) is 0 Å². The minimum Gasteiger partial charge on any atom is -0.462 e. The molecule has 0 spiro atoms. The number of hydrogen-bond acceptors (Lipinski definition) is 2. The van der Waals surface area contributed by atoms with Crippen LogP contribution in [0.2, 0.25) is 0 Å². The van der Waals surface area contributed by atoms with Crippen molar-refractivity contribution in [2.75, 3.05) is 6.61 Å². The van der Waals surface area contributed by atoms with Gasteiger partial charge in [0.05, 0.1) is 12.2 Å². The van der Waals surface area contributed by atoms with Gasteiger partial charge >= 0.3 is 5.97 Å². The molecule has 3 aromatic carbocycles. The Morgan fingerprint density at radius 2 is 1.59 bits per heavy atom. The summed E-state index contributed by atoms with van der Waals surface area (Å²) in [5, 5.41) is 0. The molecule has 3 rings (SSSR count). The van der Waals surface area contributed by atoms with Gasteiger partial charge in [0, 0.05) is 0 Å². The lowest BCUT2D eigenvalue weighted by atomic mass is 9.91. The van der Waals surface area contributed by atoms with Crippen molar-refractivity contribution in [1.29, 1.82) is 0 Å². The summed E-state index contributed by atoms with van der Waals surface area (Å²) in [4.78, 5) is 12.5. The summed E-state index contributed by atoms with van der Waals surface area (Å²) in [5.74, 6) is -0.236. The summed E-state index contributed by atoms with van der Waals surface area (Å²) in [6, 6.07) is 24.8. The third-order valence-electron chi connectivity index (χ3n) is 4.77. The van der Waals surface area contributed by atoms with Crippen molar-refractivity contribution in [3.8, 4) is 11.1 Å². The van der Waals surface area contributed by atoms with Crippen LogP contribution in [0.3, 0.4) is 0 Å². The largest absolute Gasteiger partial charge is 0.462 e. The van der Waals surface area contributed by atoms with Crippen molar-refractivity contribution in [3.63, 3.8) is 0 Å². The topological polar surface area (TPSA) is 26.3 Å². The molecule has 138 valence electrons. The first kappa shape index (κ1) is 18.9. The van der Waals surface area contributed by atoms with Crippen molar-refractivity contribution in [2.24, 2.45) is 0 Å². The molecule has 27 heavy (non-hydrogen) atoms. The second-order valence-corrected chi connectivity index (χ2v) is 6.76. The maximum absolute atomic E-state index is 12.5. The Morgan fingerprint density at radius 3 is 2.30 bits per heavy atom. The fraction of sp³-hybridized carbons (Fsp3) is 0.240. The minimum atomic E-state index is -0.236. The van der Waals surface area contributed by atoms with E-state index in [0.717, 1.165) is 36.0 Å². The molecule has 0 saturated carbocycles. The van der Waals surface area contributed by atoms with Gasteiger partial charge in [-0.15, -0.1) is 0 Å². The van der Waals surface area contributed by atoms with E-state index in [1.807, 2.05) is 37.3 Å². The third-order valence-corrected chi connectivity index (χ3v) is 4.77. The van der Waals surface area contributed by atoms with Crippen molar-refractivity contribution in [1.82, 2.24) is 0 Å². The van der Waals surface area contributed by atoms with Gasteiger partial charge in [-0.1, -0.05) is 72.3 Å². The first-order valence-electron chi connectivity index (χ1n) is 9.59. The van der Waals surface area contributed by atoms with Crippen molar-refractivity contribution in [2.45, 2.75) is 33.1 Å². The molecule has 0 N–H and O–H groups in total. The van der Waals surface area contributed by atoms with E-state index < -0.39 is 0 Å². The molecule has 0 amide bonds. The highest BCUT2D eigenvalue weighted by Crippen LogP contribution is 2.28. The summed E-state index contributed by atoms with van der Waals surface area (Å²) in [6.45, 7) is 4.33. The zero-order valence-electron chi connectivity index (χ0n) is 16.1. The number of aryl methyl sites for hydroxylation is 2. The van der Waals surface area contributed by atoms with Gasteiger partial charge in [-0.05, 0) is 61.4 Å². The predicted octanol–water partition coefficient (Wildman–Crippen LogP) is 6.01. The first-order chi connectivity index (χ1) is 13.2. The lowest BCUT2D eigenvalue weighted by Crippen LogP contribution is -2.09. The number of carbonyl (C=O) groups is 1. The monoisotopic (exact) mass is 358 g/mol. The lowest BCUT2D eigenvalue weighted by molar-refractivity contribution is 0.0525. The van der Waals surface area contributed by atoms with Crippen LogP contribution in [-0.2, 0) is 17.6 Å². The maximum atomic E-state index is 12.5. The molecule has 0 saturated heterocycles. The SMILES string of the molecule is CCOC(=O)c1cccc(-c2ccccc2)c1CCCc1ccc(C)cc1. The van der Waals surface area contributed by atoms with E-state index in [0.29, 0.717) is 12.2 Å². The Bertz CT molecular complexity index is 880. The molecule has 0 unspecified atom stereocenters. The number of ether oxygens (including phenoxy) is 1. The minimum absolute atomic E-state index is 0.236. The summed E-state index contributed by atoms with van der Waals surface area (Å²) in [7, 11) is 0. The van der Waals surface area contributed by atoms with Crippen LogP contribution in [0.25, 0.3) is 11.1 Å². The molecule has 0 atom stereocenters. The van der Waals surface area contributed by atoms with E-state index in [9.17, 15) is 4.79 Å². The standard InChI is InChI=1S/C25H26O2/c1-3-27-25(26)24-14-8-12-22(21-10-5-4-6-11-21)23(24)13-7-9-20-17-15-19(2)16-18-20/h4-6,8,10-12,14-18H,3,7,9,13H2,1-2H3. The molecule has 3 aromatic rings. The van der Waals surface area contributed by atoms with E-state index in [2.05, 4.69) is 49.4 Å². The molecule has 0 aromatic heterocycles. The van der Waals surface area contributed by atoms with Crippen LogP contribution < -0.4 is 0 Å². The molecule has 0 aliphatic heterocycles. The third kappa shape index (κ3) is 4.85. The van der Waals surface area contributed by atoms with E-state index in [1.165, 1.54) is 11.1 Å². The number of carbonyl (C=O) groups excluding carboxylic acids is 1. The predicted molar refractivity (Wildman–Crippen MR) is 111 cm³/mol. The molecular weight excluding hydrogens is 332 g/mol. The molecule has 0 bridgehead atoms. The Kier molecular flexibility index (Phi) is 6.43. The number of benzene rings is 3. The normalized spacial score (nSPS) is 10.6. The number of hydrogen-bond donors (Lipinski definition) is 0. The summed E-state index contributed by atoms with van der Waals surface area (Å²) >= 11 is 0. The van der Waals surface area contributed by atoms with Gasteiger partial charge in [0.2, 0.25) is 0 Å². The molecule has 0 heterocycles. The molecule has 0 aliphatic carbocycles. The average Bonchev–Trinajstić information content (AvgIpc) is 2.70. The Morgan fingerprint density at radius 1 is 0.852 bits per heavy atom. The van der Waals surface area contributed by atoms with Crippen LogP contribution in [0.5, 0.6) is 0 Å². The van der Waals surface area contributed by atoms with Crippen LogP contribution in [0.4, 0.5) is 0 Å². The van der Waals surface area contributed by atoms with Crippen LogP contribution in [0.1, 0.15) is 40.4 Å². The summed E-state index contributed by atoms with van der Waals surface area (Å²) < 4.78 is 5.30. The van der Waals surface area contributed by atoms with Gasteiger partial charge in [0.15, 0.2) is 0 Å². The zero-order valence-corrected chi connectivity index (χ0v) is 16.1. The number of rotatable bonds is 7. The second-order valence-electron chi connectivity index (χ2n) is 6.76. The van der Waals surface area contributed by atoms with Crippen LogP contribution in [-0.4, -0.2) is 12.6 Å². The van der Waals surface area contributed by atoms with E-state index in [4.69, 9.17) is 4.74 Å². The van der Waals surface area contributed by atoms with Crippen molar-refractivity contribution < 1.29 is 9.53 Å². The first-order valence-corrected chi connectivity index (χ1v) is 9.59. The number of esters is 1. The molecule has 0 radical (unpaired) electrons. The molecule has 0 fully saturated rings. The summed E-state index contributed by atoms with van der Waals surface area (Å²) in [6.07, 6.45) is 2.82. The van der Waals surface area contributed by atoms with Gasteiger partial charge < -0.3 is 4.74 Å². The van der Waals surface area contributed by atoms with Gasteiger partial charge in [-0.2, -0.15) is 0 Å². The average molecular weight is 358 g/mol. The fourth-order valence-corrected chi connectivity index (χ4v) is 3.37. The molecule has 2 nitrogen and oxygen atoms in total. The van der Waals surface area contributed by atoms with Gasteiger partial charge in [0.1, 0.15) is 0 Å². The maximum Gasteiger partial charge on any atom is 0.338 e. The molecule has 0 aliphatic rings. The smallest absolute Gasteiger partial charge is 0.338 e. The Balaban J connectivity index is 1.87. The van der Waals surface area contributed by atoms with Crippen molar-refractivity contribution in [3.05, 3.63) is 95.1 Å². The highest BCUT2D eigenvalue weighted by atomic mass is 16.5.